The topological polar surface area (TPSA) is 95.9 Å². The first-order valence-corrected chi connectivity index (χ1v) is 10.8. The molecule has 0 bridgehead atoms. The maximum atomic E-state index is 13.1. The SMILES string of the molecule is O=C(NCCC(=O)N1CC(C(=O)O)C(C(F)(F)F)C1)OCC1c2ccccc2-c2ccccc21. The number of alkyl carbamates (subject to hydrolysis) is 1. The summed E-state index contributed by atoms with van der Waals surface area (Å²) < 4.78 is 44.6. The minimum Gasteiger partial charge on any atom is -0.481 e. The van der Waals surface area contributed by atoms with Gasteiger partial charge in [-0.25, -0.2) is 4.79 Å². The molecule has 0 saturated carbocycles. The Bertz CT molecular complexity index is 1060. The number of carbonyl (C=O) groups is 3. The van der Waals surface area contributed by atoms with Gasteiger partial charge in [0.25, 0.3) is 0 Å². The highest BCUT2D eigenvalue weighted by Gasteiger charge is 2.53. The first-order chi connectivity index (χ1) is 16.2. The molecule has 2 aliphatic rings. The predicted octanol–water partition coefficient (Wildman–Crippen LogP) is 3.64. The lowest BCUT2D eigenvalue weighted by Crippen LogP contribution is -2.35. The minimum atomic E-state index is -4.71. The Morgan fingerprint density at radius 1 is 1.00 bits per heavy atom. The number of hydrogen-bond donors (Lipinski definition) is 2. The highest BCUT2D eigenvalue weighted by molar-refractivity contribution is 5.80. The molecular weight excluding hydrogens is 453 g/mol. The summed E-state index contributed by atoms with van der Waals surface area (Å²) in [6.45, 7) is -1.26. The van der Waals surface area contributed by atoms with Crippen molar-refractivity contribution in [1.29, 1.82) is 0 Å². The molecule has 1 fully saturated rings. The molecular formula is C24H23F3N2O5. The first kappa shape index (κ1) is 23.6. The Hall–Kier alpha value is -3.56. The van der Waals surface area contributed by atoms with Gasteiger partial charge in [-0.3, -0.25) is 9.59 Å². The predicted molar refractivity (Wildman–Crippen MR) is 115 cm³/mol. The normalized spacial score (nSPS) is 19.4. The second kappa shape index (κ2) is 9.36. The summed E-state index contributed by atoms with van der Waals surface area (Å²) in [7, 11) is 0. The molecule has 0 aromatic heterocycles. The van der Waals surface area contributed by atoms with Gasteiger partial charge in [-0.15, -0.1) is 0 Å². The van der Waals surface area contributed by atoms with Crippen LogP contribution in [0.1, 0.15) is 23.5 Å². The lowest BCUT2D eigenvalue weighted by molar-refractivity contribution is -0.188. The molecule has 4 rings (SSSR count). The van der Waals surface area contributed by atoms with Crippen LogP contribution in [0.25, 0.3) is 11.1 Å². The average molecular weight is 476 g/mol. The highest BCUT2D eigenvalue weighted by atomic mass is 19.4. The van der Waals surface area contributed by atoms with Crippen LogP contribution < -0.4 is 5.32 Å². The molecule has 2 aromatic carbocycles. The van der Waals surface area contributed by atoms with E-state index in [1.165, 1.54) is 0 Å². The molecule has 0 radical (unpaired) electrons. The average Bonchev–Trinajstić information content (AvgIpc) is 3.38. The minimum absolute atomic E-state index is 0.0908. The number of benzene rings is 2. The van der Waals surface area contributed by atoms with Crippen molar-refractivity contribution in [3.63, 3.8) is 0 Å². The van der Waals surface area contributed by atoms with Crippen molar-refractivity contribution in [2.45, 2.75) is 18.5 Å². The summed E-state index contributed by atoms with van der Waals surface area (Å²) in [5.74, 6) is -6.17. The van der Waals surface area contributed by atoms with Gasteiger partial charge >= 0.3 is 18.2 Å². The lowest BCUT2D eigenvalue weighted by atomic mass is 9.96. The number of fused-ring (bicyclic) bond motifs is 3. The standard InChI is InChI=1S/C24H23F3N2O5/c25-24(26,27)20-12-29(11-18(20)22(31)32)21(30)9-10-28-23(33)34-13-19-16-7-3-1-5-14(16)15-6-2-4-8-17(15)19/h1-8,18-20H,9-13H2,(H,28,33)(H,31,32). The van der Waals surface area contributed by atoms with Crippen molar-refractivity contribution < 1.29 is 37.4 Å². The third-order valence-electron chi connectivity index (χ3n) is 6.36. The van der Waals surface area contributed by atoms with E-state index in [4.69, 9.17) is 9.84 Å². The number of ether oxygens (including phenoxy) is 1. The monoisotopic (exact) mass is 476 g/mol. The van der Waals surface area contributed by atoms with E-state index in [1.807, 2.05) is 48.5 Å². The van der Waals surface area contributed by atoms with Crippen LogP contribution in [0.3, 0.4) is 0 Å². The van der Waals surface area contributed by atoms with E-state index >= 15 is 0 Å². The van der Waals surface area contributed by atoms with E-state index < -0.39 is 49.1 Å². The number of aliphatic carboxylic acids is 1. The van der Waals surface area contributed by atoms with E-state index in [1.54, 1.807) is 0 Å². The van der Waals surface area contributed by atoms with Crippen LogP contribution in [-0.2, 0) is 14.3 Å². The Morgan fingerprint density at radius 3 is 2.12 bits per heavy atom. The molecule has 1 saturated heterocycles. The van der Waals surface area contributed by atoms with E-state index in [0.29, 0.717) is 0 Å². The summed E-state index contributed by atoms with van der Waals surface area (Å²) >= 11 is 0. The van der Waals surface area contributed by atoms with Gasteiger partial charge in [0, 0.05) is 32.0 Å². The van der Waals surface area contributed by atoms with Gasteiger partial charge in [-0.05, 0) is 22.3 Å². The van der Waals surface area contributed by atoms with Gasteiger partial charge in [0.05, 0.1) is 11.8 Å². The highest BCUT2D eigenvalue weighted by Crippen LogP contribution is 2.44. The smallest absolute Gasteiger partial charge is 0.407 e. The van der Waals surface area contributed by atoms with Gasteiger partial charge in [0.2, 0.25) is 5.91 Å². The fourth-order valence-electron chi connectivity index (χ4n) is 4.67. The number of hydrogen-bond acceptors (Lipinski definition) is 4. The van der Waals surface area contributed by atoms with Crippen LogP contribution >= 0.6 is 0 Å². The second-order valence-electron chi connectivity index (χ2n) is 8.39. The first-order valence-electron chi connectivity index (χ1n) is 10.8. The van der Waals surface area contributed by atoms with E-state index in [-0.39, 0.29) is 25.5 Å². The van der Waals surface area contributed by atoms with Gasteiger partial charge in [0.1, 0.15) is 6.61 Å². The molecule has 2 atom stereocenters. The molecule has 1 aliphatic carbocycles. The fraction of sp³-hybridized carbons (Fsp3) is 0.375. The van der Waals surface area contributed by atoms with Crippen LogP contribution in [0.5, 0.6) is 0 Å². The molecule has 2 unspecified atom stereocenters. The van der Waals surface area contributed by atoms with Gasteiger partial charge < -0.3 is 20.1 Å². The Kier molecular flexibility index (Phi) is 6.49. The fourth-order valence-corrected chi connectivity index (χ4v) is 4.67. The molecule has 2 N–H and O–H groups in total. The number of rotatable bonds is 6. The molecule has 10 heteroatoms. The molecule has 2 aromatic rings. The Balaban J connectivity index is 1.27. The number of likely N-dealkylation sites (tertiary alicyclic amines) is 1. The lowest BCUT2D eigenvalue weighted by Gasteiger charge is -2.18. The number of alkyl halides is 3. The zero-order valence-corrected chi connectivity index (χ0v) is 18.0. The third kappa shape index (κ3) is 4.71. The number of nitrogens with one attached hydrogen (secondary N) is 1. The summed E-state index contributed by atoms with van der Waals surface area (Å²) in [5.41, 5.74) is 4.26. The Labute approximate surface area is 193 Å². The summed E-state index contributed by atoms with van der Waals surface area (Å²) in [5, 5.41) is 11.5. The molecule has 180 valence electrons. The second-order valence-corrected chi connectivity index (χ2v) is 8.39. The number of carboxylic acid groups (broad SMARTS) is 1. The maximum absolute atomic E-state index is 13.1. The zero-order chi connectivity index (χ0) is 24.5. The molecule has 1 heterocycles. The maximum Gasteiger partial charge on any atom is 0.407 e. The van der Waals surface area contributed by atoms with E-state index in [0.717, 1.165) is 27.2 Å². The largest absolute Gasteiger partial charge is 0.481 e. The summed E-state index contributed by atoms with van der Waals surface area (Å²) in [4.78, 5) is 36.5. The molecule has 1 aliphatic heterocycles. The number of amides is 2. The number of halogens is 3. The quantitative estimate of drug-likeness (QED) is 0.664. The van der Waals surface area contributed by atoms with Crippen LogP contribution in [0, 0.1) is 11.8 Å². The Morgan fingerprint density at radius 2 is 1.59 bits per heavy atom. The van der Waals surface area contributed by atoms with Crippen molar-refractivity contribution in [1.82, 2.24) is 10.2 Å². The van der Waals surface area contributed by atoms with Crippen LogP contribution in [-0.4, -0.2) is 60.4 Å². The molecule has 2 amide bonds. The molecule has 7 nitrogen and oxygen atoms in total. The number of carboxylic acids is 1. The van der Waals surface area contributed by atoms with E-state index in [9.17, 15) is 27.6 Å². The van der Waals surface area contributed by atoms with Crippen molar-refractivity contribution in [2.75, 3.05) is 26.2 Å². The van der Waals surface area contributed by atoms with Crippen LogP contribution in [0.2, 0.25) is 0 Å². The summed E-state index contributed by atoms with van der Waals surface area (Å²) in [6, 6.07) is 15.7. The van der Waals surface area contributed by atoms with Crippen molar-refractivity contribution in [3.05, 3.63) is 59.7 Å². The van der Waals surface area contributed by atoms with Gasteiger partial charge in [-0.1, -0.05) is 48.5 Å². The van der Waals surface area contributed by atoms with Crippen molar-refractivity contribution >= 4 is 18.0 Å². The van der Waals surface area contributed by atoms with Crippen molar-refractivity contribution in [3.8, 4) is 11.1 Å². The van der Waals surface area contributed by atoms with E-state index in [2.05, 4.69) is 5.32 Å². The van der Waals surface area contributed by atoms with Crippen molar-refractivity contribution in [2.24, 2.45) is 11.8 Å². The number of nitrogens with zero attached hydrogens (tertiary/aromatic N) is 1. The molecule has 34 heavy (non-hydrogen) atoms. The number of carbonyl (C=O) groups excluding carboxylic acids is 2. The third-order valence-corrected chi connectivity index (χ3v) is 6.36. The molecule has 0 spiro atoms. The van der Waals surface area contributed by atoms with Gasteiger partial charge in [-0.2, -0.15) is 13.2 Å². The summed E-state index contributed by atoms with van der Waals surface area (Å²) in [6.07, 6.45) is -5.72. The zero-order valence-electron chi connectivity index (χ0n) is 18.0. The van der Waals surface area contributed by atoms with Crippen LogP contribution in [0.4, 0.5) is 18.0 Å². The van der Waals surface area contributed by atoms with Gasteiger partial charge in [0.15, 0.2) is 0 Å². The van der Waals surface area contributed by atoms with Crippen LogP contribution in [0.15, 0.2) is 48.5 Å².